The topological polar surface area (TPSA) is 86.9 Å². The van der Waals surface area contributed by atoms with Crippen LogP contribution in [-0.2, 0) is 17.6 Å². The summed E-state index contributed by atoms with van der Waals surface area (Å²) in [7, 11) is 4.61. The summed E-state index contributed by atoms with van der Waals surface area (Å²) in [5.41, 5.74) is 1.41. The molecule has 0 saturated heterocycles. The maximum Gasteiger partial charge on any atom is 0.228 e. The highest BCUT2D eigenvalue weighted by Crippen LogP contribution is 2.40. The third-order valence-electron chi connectivity index (χ3n) is 5.67. The number of methoxy groups -OCH3 is 3. The number of carbonyl (C=O) groups excluding carboxylic acids is 1. The van der Waals surface area contributed by atoms with Gasteiger partial charge in [-0.1, -0.05) is 24.2 Å². The van der Waals surface area contributed by atoms with Crippen LogP contribution in [0.1, 0.15) is 31.7 Å². The lowest BCUT2D eigenvalue weighted by Crippen LogP contribution is -2.40. The molecule has 3 aromatic rings. The minimum absolute atomic E-state index is 0.0328. The van der Waals surface area contributed by atoms with Gasteiger partial charge in [-0.15, -0.1) is 0 Å². The summed E-state index contributed by atoms with van der Waals surface area (Å²) in [6.07, 6.45) is 1.40. The molecule has 2 aromatic carbocycles. The number of nitrogens with zero attached hydrogens (tertiary/aromatic N) is 3. The Bertz CT molecular complexity index is 1080. The first-order valence-electron chi connectivity index (χ1n) is 11.1. The van der Waals surface area contributed by atoms with Gasteiger partial charge in [-0.2, -0.15) is 4.98 Å². The lowest BCUT2D eigenvalue weighted by molar-refractivity contribution is -0.132. The first-order chi connectivity index (χ1) is 16.4. The smallest absolute Gasteiger partial charge is 0.228 e. The van der Waals surface area contributed by atoms with Crippen molar-refractivity contribution >= 4 is 5.91 Å². The highest BCUT2D eigenvalue weighted by atomic mass is 19.1. The molecule has 0 N–H and O–H groups in total. The van der Waals surface area contributed by atoms with Gasteiger partial charge in [0.1, 0.15) is 5.82 Å². The molecule has 182 valence electrons. The van der Waals surface area contributed by atoms with E-state index in [1.165, 1.54) is 33.5 Å². The van der Waals surface area contributed by atoms with Crippen LogP contribution in [0.2, 0.25) is 0 Å². The van der Waals surface area contributed by atoms with Crippen molar-refractivity contribution in [1.82, 2.24) is 15.0 Å². The molecular formula is C25H30FN3O5. The fourth-order valence-electron chi connectivity index (χ4n) is 3.59. The minimum atomic E-state index is -0.325. The number of carbonyl (C=O) groups is 1. The van der Waals surface area contributed by atoms with Gasteiger partial charge in [0.25, 0.3) is 0 Å². The zero-order valence-electron chi connectivity index (χ0n) is 20.1. The Hall–Kier alpha value is -3.62. The predicted octanol–water partition coefficient (Wildman–Crippen LogP) is 4.31. The minimum Gasteiger partial charge on any atom is -0.493 e. The zero-order chi connectivity index (χ0) is 24.7. The lowest BCUT2D eigenvalue weighted by Gasteiger charge is -2.28. The summed E-state index contributed by atoms with van der Waals surface area (Å²) in [5.74, 6) is 1.87. The number of halogens is 1. The van der Waals surface area contributed by atoms with Crippen LogP contribution >= 0.6 is 0 Å². The summed E-state index contributed by atoms with van der Waals surface area (Å²) in [6.45, 7) is 4.45. The maximum absolute atomic E-state index is 13.2. The van der Waals surface area contributed by atoms with E-state index in [0.717, 1.165) is 12.0 Å². The Morgan fingerprint density at radius 3 is 2.29 bits per heavy atom. The van der Waals surface area contributed by atoms with Crippen molar-refractivity contribution in [2.24, 2.45) is 0 Å². The van der Waals surface area contributed by atoms with E-state index in [2.05, 4.69) is 10.1 Å². The summed E-state index contributed by atoms with van der Waals surface area (Å²) >= 11 is 0. The van der Waals surface area contributed by atoms with Crippen LogP contribution in [-0.4, -0.2) is 54.9 Å². The molecule has 0 saturated carbocycles. The van der Waals surface area contributed by atoms with Crippen molar-refractivity contribution in [2.45, 2.75) is 39.2 Å². The summed E-state index contributed by atoms with van der Waals surface area (Å²) < 4.78 is 34.8. The Balaban J connectivity index is 1.73. The van der Waals surface area contributed by atoms with Gasteiger partial charge in [-0.25, -0.2) is 4.39 Å². The van der Waals surface area contributed by atoms with Gasteiger partial charge in [0.2, 0.25) is 23.4 Å². The van der Waals surface area contributed by atoms with Gasteiger partial charge in [0, 0.05) is 24.6 Å². The normalized spacial score (nSPS) is 11.7. The van der Waals surface area contributed by atoms with Crippen molar-refractivity contribution in [1.29, 1.82) is 0 Å². The van der Waals surface area contributed by atoms with Crippen LogP contribution in [0.3, 0.4) is 0 Å². The van der Waals surface area contributed by atoms with Crippen LogP contribution in [0.4, 0.5) is 4.39 Å². The monoisotopic (exact) mass is 471 g/mol. The van der Waals surface area contributed by atoms with Crippen LogP contribution in [0.15, 0.2) is 40.9 Å². The first-order valence-corrected chi connectivity index (χ1v) is 11.1. The molecule has 34 heavy (non-hydrogen) atoms. The molecule has 1 unspecified atom stereocenters. The molecule has 0 aliphatic carbocycles. The van der Waals surface area contributed by atoms with Gasteiger partial charge >= 0.3 is 0 Å². The van der Waals surface area contributed by atoms with Crippen molar-refractivity contribution in [3.05, 3.63) is 53.7 Å². The molecule has 8 nitrogen and oxygen atoms in total. The molecule has 3 rings (SSSR count). The Labute approximate surface area is 198 Å². The van der Waals surface area contributed by atoms with Gasteiger partial charge in [-0.3, -0.25) is 4.79 Å². The van der Waals surface area contributed by atoms with Crippen LogP contribution in [0.25, 0.3) is 11.4 Å². The van der Waals surface area contributed by atoms with Crippen molar-refractivity contribution in [2.75, 3.05) is 27.9 Å². The quantitative estimate of drug-likeness (QED) is 0.412. The van der Waals surface area contributed by atoms with E-state index in [9.17, 15) is 9.18 Å². The molecule has 0 aliphatic rings. The Morgan fingerprint density at radius 2 is 1.74 bits per heavy atom. The van der Waals surface area contributed by atoms with E-state index in [-0.39, 0.29) is 24.2 Å². The van der Waals surface area contributed by atoms with Crippen LogP contribution in [0.5, 0.6) is 17.2 Å². The summed E-state index contributed by atoms with van der Waals surface area (Å²) in [4.78, 5) is 19.3. The van der Waals surface area contributed by atoms with E-state index in [1.54, 1.807) is 29.2 Å². The molecule has 9 heteroatoms. The second-order valence-corrected chi connectivity index (χ2v) is 7.82. The number of benzene rings is 2. The molecule has 1 amide bonds. The Kier molecular flexibility index (Phi) is 8.45. The molecule has 1 heterocycles. The van der Waals surface area contributed by atoms with E-state index in [1.807, 2.05) is 13.8 Å². The Morgan fingerprint density at radius 1 is 1.09 bits per heavy atom. The SMILES string of the molecule is CCC(C)N(CCc1nc(-c2cc(OC)c(OC)c(OC)c2)no1)C(=O)Cc1ccc(F)cc1. The number of ether oxygens (including phenoxy) is 3. The number of rotatable bonds is 11. The highest BCUT2D eigenvalue weighted by molar-refractivity contribution is 5.79. The molecule has 0 bridgehead atoms. The number of aromatic nitrogens is 2. The molecule has 0 radical (unpaired) electrons. The molecule has 0 fully saturated rings. The molecule has 0 spiro atoms. The second-order valence-electron chi connectivity index (χ2n) is 7.82. The standard InChI is InChI=1S/C25H30FN3O5/c1-6-16(2)29(23(30)13-17-7-9-19(26)10-8-17)12-11-22-27-25(28-34-22)18-14-20(31-3)24(33-5)21(15-18)32-4/h7-10,14-16H,6,11-13H2,1-5H3. The largest absolute Gasteiger partial charge is 0.493 e. The van der Waals surface area contributed by atoms with Crippen molar-refractivity contribution < 1.29 is 27.9 Å². The summed E-state index contributed by atoms with van der Waals surface area (Å²) in [5, 5.41) is 4.08. The van der Waals surface area contributed by atoms with Crippen molar-refractivity contribution in [3.63, 3.8) is 0 Å². The van der Waals surface area contributed by atoms with E-state index in [0.29, 0.717) is 47.5 Å². The lowest BCUT2D eigenvalue weighted by atomic mass is 10.1. The third-order valence-corrected chi connectivity index (χ3v) is 5.67. The second kappa shape index (κ2) is 11.5. The fourth-order valence-corrected chi connectivity index (χ4v) is 3.59. The number of amides is 1. The van der Waals surface area contributed by atoms with E-state index >= 15 is 0 Å². The number of hydrogen-bond donors (Lipinski definition) is 0. The summed E-state index contributed by atoms with van der Waals surface area (Å²) in [6, 6.07) is 9.50. The molecule has 1 aromatic heterocycles. The van der Waals surface area contributed by atoms with Gasteiger partial charge < -0.3 is 23.6 Å². The van der Waals surface area contributed by atoms with Crippen LogP contribution in [0, 0.1) is 5.82 Å². The highest BCUT2D eigenvalue weighted by Gasteiger charge is 2.21. The van der Waals surface area contributed by atoms with Gasteiger partial charge in [0.15, 0.2) is 11.5 Å². The molecular weight excluding hydrogens is 441 g/mol. The van der Waals surface area contributed by atoms with Crippen LogP contribution < -0.4 is 14.2 Å². The third kappa shape index (κ3) is 5.84. The van der Waals surface area contributed by atoms with Crippen molar-refractivity contribution in [3.8, 4) is 28.6 Å². The van der Waals surface area contributed by atoms with Gasteiger partial charge in [0.05, 0.1) is 27.8 Å². The van der Waals surface area contributed by atoms with E-state index < -0.39 is 0 Å². The average molecular weight is 472 g/mol. The first kappa shape index (κ1) is 25.0. The average Bonchev–Trinajstić information content (AvgIpc) is 3.33. The van der Waals surface area contributed by atoms with Gasteiger partial charge in [-0.05, 0) is 43.2 Å². The van der Waals surface area contributed by atoms with E-state index in [4.69, 9.17) is 18.7 Å². The number of hydrogen-bond acceptors (Lipinski definition) is 7. The predicted molar refractivity (Wildman–Crippen MR) is 125 cm³/mol. The molecule has 0 aliphatic heterocycles. The molecule has 1 atom stereocenters. The maximum atomic E-state index is 13.2. The zero-order valence-corrected chi connectivity index (χ0v) is 20.1. The fraction of sp³-hybridized carbons (Fsp3) is 0.400.